The summed E-state index contributed by atoms with van der Waals surface area (Å²) < 4.78 is 0. The summed E-state index contributed by atoms with van der Waals surface area (Å²) in [5, 5.41) is 12.7. The van der Waals surface area contributed by atoms with Crippen LogP contribution in [0.15, 0.2) is 0 Å². The van der Waals surface area contributed by atoms with Crippen molar-refractivity contribution >= 4 is 11.9 Å². The number of carbonyl (C=O) groups excluding carboxylic acids is 1. The second kappa shape index (κ2) is 3.95. The van der Waals surface area contributed by atoms with Crippen molar-refractivity contribution in [3.8, 4) is 0 Å². The molecule has 0 saturated carbocycles. The molecule has 0 aliphatic carbocycles. The Labute approximate surface area is 107 Å². The number of carboxylic acids is 1. The quantitative estimate of drug-likeness (QED) is 0.748. The standard InChI is InChI=1S/C13H20N2O3/c1-13(12(17)18)4-5-15(7-13)11(16)9-6-8-2-3-10(9)14-8/h8-10,14H,2-7H2,1H3,(H,17,18). The lowest BCUT2D eigenvalue weighted by atomic mass is 9.87. The number of carboxylic acid groups (broad SMARTS) is 1. The Morgan fingerprint density at radius 2 is 2.17 bits per heavy atom. The van der Waals surface area contributed by atoms with Crippen LogP contribution >= 0.6 is 0 Å². The maximum Gasteiger partial charge on any atom is 0.311 e. The molecule has 3 fully saturated rings. The molecule has 100 valence electrons. The Bertz CT molecular complexity index is 398. The first-order chi connectivity index (χ1) is 8.49. The van der Waals surface area contributed by atoms with E-state index in [1.54, 1.807) is 11.8 Å². The first-order valence-corrected chi connectivity index (χ1v) is 6.78. The van der Waals surface area contributed by atoms with Gasteiger partial charge in [0.05, 0.1) is 11.3 Å². The smallest absolute Gasteiger partial charge is 0.311 e. The average Bonchev–Trinajstić information content (AvgIpc) is 3.02. The summed E-state index contributed by atoms with van der Waals surface area (Å²) in [6.07, 6.45) is 3.78. The Morgan fingerprint density at radius 3 is 2.67 bits per heavy atom. The zero-order chi connectivity index (χ0) is 12.9. The minimum Gasteiger partial charge on any atom is -0.481 e. The summed E-state index contributed by atoms with van der Waals surface area (Å²) in [7, 11) is 0. The zero-order valence-corrected chi connectivity index (χ0v) is 10.7. The second-order valence-electron chi connectivity index (χ2n) is 6.27. The van der Waals surface area contributed by atoms with E-state index >= 15 is 0 Å². The monoisotopic (exact) mass is 252 g/mol. The fraction of sp³-hybridized carbons (Fsp3) is 0.846. The maximum atomic E-state index is 12.4. The van der Waals surface area contributed by atoms with E-state index in [0.29, 0.717) is 31.6 Å². The van der Waals surface area contributed by atoms with Crippen molar-refractivity contribution in [1.29, 1.82) is 0 Å². The van der Waals surface area contributed by atoms with Crippen LogP contribution in [0.2, 0.25) is 0 Å². The largest absolute Gasteiger partial charge is 0.481 e. The molecule has 3 saturated heterocycles. The number of nitrogens with zero attached hydrogens (tertiary/aromatic N) is 1. The molecule has 2 N–H and O–H groups in total. The molecular formula is C13H20N2O3. The summed E-state index contributed by atoms with van der Waals surface area (Å²) >= 11 is 0. The number of fused-ring (bicyclic) bond motifs is 2. The highest BCUT2D eigenvalue weighted by molar-refractivity contribution is 5.83. The topological polar surface area (TPSA) is 69.6 Å². The Kier molecular flexibility index (Phi) is 2.62. The van der Waals surface area contributed by atoms with Crippen molar-refractivity contribution in [1.82, 2.24) is 10.2 Å². The predicted molar refractivity (Wildman–Crippen MR) is 65.0 cm³/mol. The van der Waals surface area contributed by atoms with Crippen molar-refractivity contribution in [3.05, 3.63) is 0 Å². The third kappa shape index (κ3) is 1.72. The van der Waals surface area contributed by atoms with E-state index in [9.17, 15) is 14.7 Å². The molecule has 1 amide bonds. The normalized spacial score (nSPS) is 42.5. The molecule has 2 bridgehead atoms. The number of aliphatic carboxylic acids is 1. The molecule has 3 aliphatic rings. The fourth-order valence-electron chi connectivity index (χ4n) is 3.66. The molecule has 4 atom stereocenters. The number of nitrogens with one attached hydrogen (secondary N) is 1. The van der Waals surface area contributed by atoms with Gasteiger partial charge in [0.25, 0.3) is 0 Å². The SMILES string of the molecule is CC1(C(=O)O)CCN(C(=O)C2CC3CCC2N3)C1. The summed E-state index contributed by atoms with van der Waals surface area (Å²) in [6, 6.07) is 0.844. The minimum absolute atomic E-state index is 0.0832. The molecule has 3 heterocycles. The van der Waals surface area contributed by atoms with Crippen molar-refractivity contribution in [2.45, 2.75) is 44.7 Å². The van der Waals surface area contributed by atoms with Crippen LogP contribution in [0.1, 0.15) is 32.6 Å². The number of rotatable bonds is 2. The molecule has 0 radical (unpaired) electrons. The molecule has 18 heavy (non-hydrogen) atoms. The molecular weight excluding hydrogens is 232 g/mol. The van der Waals surface area contributed by atoms with Gasteiger partial charge in [0.15, 0.2) is 0 Å². The highest BCUT2D eigenvalue weighted by Gasteiger charge is 2.48. The van der Waals surface area contributed by atoms with Crippen LogP contribution in [-0.2, 0) is 9.59 Å². The van der Waals surface area contributed by atoms with Gasteiger partial charge < -0.3 is 15.3 Å². The van der Waals surface area contributed by atoms with Gasteiger partial charge in [-0.1, -0.05) is 0 Å². The second-order valence-corrected chi connectivity index (χ2v) is 6.27. The van der Waals surface area contributed by atoms with Crippen LogP contribution in [0.25, 0.3) is 0 Å². The highest BCUT2D eigenvalue weighted by Crippen LogP contribution is 2.37. The maximum absolute atomic E-state index is 12.4. The van der Waals surface area contributed by atoms with Gasteiger partial charge in [-0.05, 0) is 32.6 Å². The highest BCUT2D eigenvalue weighted by atomic mass is 16.4. The van der Waals surface area contributed by atoms with Gasteiger partial charge in [-0.2, -0.15) is 0 Å². The lowest BCUT2D eigenvalue weighted by molar-refractivity contribution is -0.147. The summed E-state index contributed by atoms with van der Waals surface area (Å²) in [5.74, 6) is -0.538. The molecule has 0 aromatic rings. The molecule has 3 rings (SSSR count). The lowest BCUT2D eigenvalue weighted by Crippen LogP contribution is -2.41. The van der Waals surface area contributed by atoms with Gasteiger partial charge in [-0.15, -0.1) is 0 Å². The molecule has 4 unspecified atom stereocenters. The number of carbonyl (C=O) groups is 2. The first kappa shape index (κ1) is 12.0. The van der Waals surface area contributed by atoms with Crippen molar-refractivity contribution < 1.29 is 14.7 Å². The summed E-state index contributed by atoms with van der Waals surface area (Å²) in [4.78, 5) is 25.4. The molecule has 5 heteroatoms. The average molecular weight is 252 g/mol. The minimum atomic E-state index is -0.788. The molecule has 5 nitrogen and oxygen atoms in total. The van der Waals surface area contributed by atoms with Gasteiger partial charge in [0, 0.05) is 25.2 Å². The van der Waals surface area contributed by atoms with Crippen LogP contribution in [0, 0.1) is 11.3 Å². The third-order valence-electron chi connectivity index (χ3n) is 4.92. The third-order valence-corrected chi connectivity index (χ3v) is 4.92. The summed E-state index contributed by atoms with van der Waals surface area (Å²) in [6.45, 7) is 2.70. The van der Waals surface area contributed by atoms with Crippen LogP contribution in [0.4, 0.5) is 0 Å². The van der Waals surface area contributed by atoms with Crippen LogP contribution < -0.4 is 5.32 Å². The van der Waals surface area contributed by atoms with E-state index < -0.39 is 11.4 Å². The Hall–Kier alpha value is -1.10. The Balaban J connectivity index is 1.66. The van der Waals surface area contributed by atoms with Crippen molar-refractivity contribution in [2.75, 3.05) is 13.1 Å². The molecule has 0 aromatic carbocycles. The van der Waals surface area contributed by atoms with Crippen molar-refractivity contribution in [3.63, 3.8) is 0 Å². The number of amides is 1. The van der Waals surface area contributed by atoms with Gasteiger partial charge in [0.2, 0.25) is 5.91 Å². The van der Waals surface area contributed by atoms with Gasteiger partial charge in [0.1, 0.15) is 0 Å². The molecule has 3 aliphatic heterocycles. The van der Waals surface area contributed by atoms with Gasteiger partial charge in [-0.25, -0.2) is 0 Å². The predicted octanol–water partition coefficient (Wildman–Crippen LogP) is 0.450. The van der Waals surface area contributed by atoms with Crippen LogP contribution in [-0.4, -0.2) is 47.1 Å². The zero-order valence-electron chi connectivity index (χ0n) is 10.7. The van der Waals surface area contributed by atoms with Gasteiger partial charge in [-0.3, -0.25) is 9.59 Å². The van der Waals surface area contributed by atoms with Gasteiger partial charge >= 0.3 is 5.97 Å². The lowest BCUT2D eigenvalue weighted by Gasteiger charge is -2.26. The Morgan fingerprint density at radius 1 is 1.39 bits per heavy atom. The number of hydrogen-bond acceptors (Lipinski definition) is 3. The van der Waals surface area contributed by atoms with Crippen LogP contribution in [0.3, 0.4) is 0 Å². The molecule has 0 spiro atoms. The summed E-state index contributed by atoms with van der Waals surface area (Å²) in [5.41, 5.74) is -0.749. The molecule has 0 aromatic heterocycles. The van der Waals surface area contributed by atoms with E-state index in [2.05, 4.69) is 5.32 Å². The van der Waals surface area contributed by atoms with E-state index in [4.69, 9.17) is 0 Å². The van der Waals surface area contributed by atoms with E-state index in [1.165, 1.54) is 6.42 Å². The van der Waals surface area contributed by atoms with E-state index in [1.807, 2.05) is 0 Å². The van der Waals surface area contributed by atoms with Crippen molar-refractivity contribution in [2.24, 2.45) is 11.3 Å². The first-order valence-electron chi connectivity index (χ1n) is 6.78. The number of likely N-dealkylation sites (tertiary alicyclic amines) is 1. The van der Waals surface area contributed by atoms with E-state index in [-0.39, 0.29) is 11.8 Å². The van der Waals surface area contributed by atoms with E-state index in [0.717, 1.165) is 12.8 Å². The fourth-order valence-corrected chi connectivity index (χ4v) is 3.66. The number of hydrogen-bond donors (Lipinski definition) is 2. The van der Waals surface area contributed by atoms with Crippen LogP contribution in [0.5, 0.6) is 0 Å².